The van der Waals surface area contributed by atoms with E-state index in [1.165, 1.54) is 218 Å². The zero-order valence-electron chi connectivity index (χ0n) is 43.6. The van der Waals surface area contributed by atoms with Crippen molar-refractivity contribution in [2.75, 3.05) is 40.9 Å². The maximum atomic E-state index is 13.0. The lowest BCUT2D eigenvalue weighted by Crippen LogP contribution is -2.46. The molecule has 0 aromatic heterocycles. The molecule has 0 saturated heterocycles. The zero-order valence-corrected chi connectivity index (χ0v) is 44.4. The molecule has 9 heteroatoms. The number of hydrogen-bond donors (Lipinski definition) is 3. The van der Waals surface area contributed by atoms with Crippen LogP contribution in [0.25, 0.3) is 0 Å². The molecule has 8 nitrogen and oxygen atoms in total. The van der Waals surface area contributed by atoms with Gasteiger partial charge < -0.3 is 19.8 Å². The van der Waals surface area contributed by atoms with Crippen LogP contribution >= 0.6 is 7.82 Å². The van der Waals surface area contributed by atoms with Gasteiger partial charge in [0, 0.05) is 6.42 Å². The van der Waals surface area contributed by atoms with Gasteiger partial charge in [0.05, 0.1) is 39.9 Å². The predicted octanol–water partition coefficient (Wildman–Crippen LogP) is 16.7. The van der Waals surface area contributed by atoms with Crippen molar-refractivity contribution >= 4 is 13.7 Å². The molecule has 0 fully saturated rings. The lowest BCUT2D eigenvalue weighted by atomic mass is 10.0. The second-order valence-electron chi connectivity index (χ2n) is 20.7. The molecule has 0 aromatic carbocycles. The normalized spacial score (nSPS) is 14.0. The monoisotopic (exact) mass is 928 g/mol. The molecule has 0 saturated carbocycles. The second kappa shape index (κ2) is 47.3. The molecule has 0 bridgehead atoms. The summed E-state index contributed by atoms with van der Waals surface area (Å²) in [6.45, 7) is 4.91. The third-order valence-electron chi connectivity index (χ3n) is 13.0. The summed E-state index contributed by atoms with van der Waals surface area (Å²) in [7, 11) is 1.63. The summed E-state index contributed by atoms with van der Waals surface area (Å²) < 4.78 is 23.7. The van der Waals surface area contributed by atoms with Crippen molar-refractivity contribution < 1.29 is 32.9 Å². The minimum atomic E-state index is -4.31. The number of carbonyl (C=O) groups excluding carboxylic acids is 1. The Kier molecular flexibility index (Phi) is 46.8. The van der Waals surface area contributed by atoms with Gasteiger partial charge in [0.1, 0.15) is 13.2 Å². The van der Waals surface area contributed by atoms with Crippen LogP contribution in [0.5, 0.6) is 0 Å². The molecule has 0 aliphatic rings. The maximum Gasteiger partial charge on any atom is 0.472 e. The number of carbonyl (C=O) groups is 1. The molecule has 0 aromatic rings. The van der Waals surface area contributed by atoms with E-state index in [9.17, 15) is 19.4 Å². The summed E-state index contributed by atoms with van der Waals surface area (Å²) in [5.74, 6) is -0.141. The zero-order chi connectivity index (χ0) is 47.1. The fourth-order valence-corrected chi connectivity index (χ4v) is 9.31. The molecule has 3 atom stereocenters. The first-order valence-corrected chi connectivity index (χ1v) is 29.5. The summed E-state index contributed by atoms with van der Waals surface area (Å²) in [4.78, 5) is 23.2. The van der Waals surface area contributed by atoms with Crippen molar-refractivity contribution in [2.24, 2.45) is 0 Å². The topological polar surface area (TPSA) is 105 Å². The first-order valence-electron chi connectivity index (χ1n) is 28.1. The number of phosphoric acid groups is 1. The number of nitrogens with one attached hydrogen (secondary N) is 1. The van der Waals surface area contributed by atoms with E-state index in [1.54, 1.807) is 0 Å². The standard InChI is InChI=1S/C55H111N2O6P/c1-6-8-10-12-14-16-18-20-21-22-23-24-25-26-27-28-29-30-31-32-33-34-35-36-37-39-41-43-45-47-49-55(59)56-53(52-63-64(60,61)62-51-50-57(3,4)5)54(58)48-46-44-42-40-38-19-17-15-13-11-9-7-2/h26-27,53-54,58H,6-25,28-52H2,1-5H3,(H-,56,59,60,61)/p+1/b27-26-. The maximum absolute atomic E-state index is 13.0. The molecule has 0 spiro atoms. The van der Waals surface area contributed by atoms with Crippen molar-refractivity contribution in [3.63, 3.8) is 0 Å². The van der Waals surface area contributed by atoms with E-state index in [2.05, 4.69) is 31.3 Å². The van der Waals surface area contributed by atoms with Crippen molar-refractivity contribution in [1.82, 2.24) is 5.32 Å². The first kappa shape index (κ1) is 63.2. The van der Waals surface area contributed by atoms with E-state index in [4.69, 9.17) is 9.05 Å². The quantitative estimate of drug-likeness (QED) is 0.0243. The molecule has 0 radical (unpaired) electrons. The van der Waals surface area contributed by atoms with E-state index >= 15 is 0 Å². The minimum absolute atomic E-state index is 0.0772. The predicted molar refractivity (Wildman–Crippen MR) is 277 cm³/mol. The molecule has 64 heavy (non-hydrogen) atoms. The van der Waals surface area contributed by atoms with Crippen LogP contribution < -0.4 is 5.32 Å². The van der Waals surface area contributed by atoms with Crippen LogP contribution in [0.15, 0.2) is 12.2 Å². The smallest absolute Gasteiger partial charge is 0.391 e. The molecule has 0 heterocycles. The second-order valence-corrected chi connectivity index (χ2v) is 22.1. The van der Waals surface area contributed by atoms with Crippen LogP contribution in [-0.2, 0) is 18.4 Å². The van der Waals surface area contributed by atoms with E-state index in [0.29, 0.717) is 23.9 Å². The molecular weight excluding hydrogens is 816 g/mol. The lowest BCUT2D eigenvalue weighted by Gasteiger charge is -2.26. The largest absolute Gasteiger partial charge is 0.472 e. The van der Waals surface area contributed by atoms with Gasteiger partial charge in [0.15, 0.2) is 0 Å². The fraction of sp³-hybridized carbons (Fsp3) is 0.945. The third-order valence-corrected chi connectivity index (χ3v) is 14.0. The van der Waals surface area contributed by atoms with Crippen LogP contribution in [0.4, 0.5) is 0 Å². The number of allylic oxidation sites excluding steroid dienone is 2. The Morgan fingerprint density at radius 3 is 1.20 bits per heavy atom. The lowest BCUT2D eigenvalue weighted by molar-refractivity contribution is -0.870. The van der Waals surface area contributed by atoms with Gasteiger partial charge in [-0.1, -0.05) is 251 Å². The number of rotatable bonds is 52. The van der Waals surface area contributed by atoms with Gasteiger partial charge in [-0.05, 0) is 38.5 Å². The van der Waals surface area contributed by atoms with E-state index in [-0.39, 0.29) is 19.1 Å². The molecule has 0 aliphatic heterocycles. The number of unbranched alkanes of at least 4 members (excludes halogenated alkanes) is 37. The van der Waals surface area contributed by atoms with E-state index in [1.807, 2.05) is 21.1 Å². The summed E-state index contributed by atoms with van der Waals surface area (Å²) in [6, 6.07) is -0.756. The Labute approximate surface area is 399 Å². The van der Waals surface area contributed by atoms with Gasteiger partial charge in [-0.15, -0.1) is 0 Å². The van der Waals surface area contributed by atoms with Crippen LogP contribution in [0, 0.1) is 0 Å². The Hall–Kier alpha value is -0.760. The van der Waals surface area contributed by atoms with Gasteiger partial charge in [-0.3, -0.25) is 13.8 Å². The van der Waals surface area contributed by atoms with Gasteiger partial charge in [-0.25, -0.2) is 4.57 Å². The van der Waals surface area contributed by atoms with Crippen molar-refractivity contribution in [3.8, 4) is 0 Å². The van der Waals surface area contributed by atoms with E-state index < -0.39 is 20.0 Å². The van der Waals surface area contributed by atoms with E-state index in [0.717, 1.165) is 38.5 Å². The third kappa shape index (κ3) is 49.2. The first-order chi connectivity index (χ1) is 31.0. The van der Waals surface area contributed by atoms with Crippen molar-refractivity contribution in [2.45, 2.75) is 296 Å². The highest BCUT2D eigenvalue weighted by Crippen LogP contribution is 2.43. The molecule has 1 amide bonds. The molecule has 3 N–H and O–H groups in total. The number of amides is 1. The fourth-order valence-electron chi connectivity index (χ4n) is 8.57. The average molecular weight is 928 g/mol. The molecule has 0 rings (SSSR count). The minimum Gasteiger partial charge on any atom is -0.391 e. The van der Waals surface area contributed by atoms with Gasteiger partial charge >= 0.3 is 7.82 Å². The van der Waals surface area contributed by atoms with Crippen LogP contribution in [0.2, 0.25) is 0 Å². The number of quaternary nitrogens is 1. The van der Waals surface area contributed by atoms with Gasteiger partial charge in [-0.2, -0.15) is 0 Å². The summed E-state index contributed by atoms with van der Waals surface area (Å²) in [5.41, 5.74) is 0. The van der Waals surface area contributed by atoms with Crippen molar-refractivity contribution in [1.29, 1.82) is 0 Å². The Balaban J connectivity index is 4.00. The molecular formula is C55H112N2O6P+. The number of phosphoric ester groups is 1. The number of hydrogen-bond acceptors (Lipinski definition) is 5. The number of nitrogens with zero attached hydrogens (tertiary/aromatic N) is 1. The highest BCUT2D eigenvalue weighted by Gasteiger charge is 2.28. The van der Waals surface area contributed by atoms with Crippen LogP contribution in [-0.4, -0.2) is 73.4 Å². The van der Waals surface area contributed by atoms with Gasteiger partial charge in [0.2, 0.25) is 5.91 Å². The number of aliphatic hydroxyl groups is 1. The van der Waals surface area contributed by atoms with Gasteiger partial charge in [0.25, 0.3) is 0 Å². The number of likely N-dealkylation sites (N-methyl/N-ethyl adjacent to an activating group) is 1. The summed E-state index contributed by atoms with van der Waals surface area (Å²) in [5, 5.41) is 14.0. The summed E-state index contributed by atoms with van der Waals surface area (Å²) >= 11 is 0. The van der Waals surface area contributed by atoms with Crippen LogP contribution in [0.3, 0.4) is 0 Å². The molecule has 0 aliphatic carbocycles. The Morgan fingerprint density at radius 2 is 0.844 bits per heavy atom. The SMILES string of the molecule is CCCCCCCCCCCCCC/C=C\CCCCCCCCCCCCCCCCC(=O)NC(COP(=O)(O)OCC[N+](C)(C)C)C(O)CCCCCCCCCCCCCC. The van der Waals surface area contributed by atoms with Crippen molar-refractivity contribution in [3.05, 3.63) is 12.2 Å². The Bertz CT molecular complexity index is 1050. The average Bonchev–Trinajstić information content (AvgIpc) is 3.25. The Morgan fingerprint density at radius 1 is 0.516 bits per heavy atom. The highest BCUT2D eigenvalue weighted by atomic mass is 31.2. The molecule has 382 valence electrons. The summed E-state index contributed by atoms with van der Waals surface area (Å²) in [6.07, 6.45) is 57.0. The van der Waals surface area contributed by atoms with Crippen LogP contribution in [0.1, 0.15) is 284 Å². The highest BCUT2D eigenvalue weighted by molar-refractivity contribution is 7.47. The molecule has 3 unspecified atom stereocenters. The number of aliphatic hydroxyl groups excluding tert-OH is 1.